The second kappa shape index (κ2) is 7.98. The zero-order valence-corrected chi connectivity index (χ0v) is 18.1. The summed E-state index contributed by atoms with van der Waals surface area (Å²) >= 11 is 3.17. The van der Waals surface area contributed by atoms with Crippen LogP contribution >= 0.6 is 15.9 Å². The van der Waals surface area contributed by atoms with E-state index >= 15 is 0 Å². The lowest BCUT2D eigenvalue weighted by Crippen LogP contribution is -2.35. The smallest absolute Gasteiger partial charge is 0.245 e. The number of carbonyl (C=O) groups is 1. The van der Waals surface area contributed by atoms with Crippen molar-refractivity contribution in [1.82, 2.24) is 9.78 Å². The molecule has 12 heteroatoms. The quantitative estimate of drug-likeness (QED) is 0.643. The van der Waals surface area contributed by atoms with Gasteiger partial charge in [0, 0.05) is 29.8 Å². The Hall–Kier alpha value is -1.92. The van der Waals surface area contributed by atoms with Gasteiger partial charge in [0.25, 0.3) is 0 Å². The molecule has 1 N–H and O–H groups in total. The molecule has 2 rings (SSSR count). The molecular formula is C15H19BrN4O5S2. The van der Waals surface area contributed by atoms with E-state index in [1.807, 2.05) is 6.20 Å². The molecule has 1 amide bonds. The lowest BCUT2D eigenvalue weighted by atomic mass is 10.2. The number of amides is 1. The van der Waals surface area contributed by atoms with Crippen LogP contribution in [0, 0.1) is 0 Å². The van der Waals surface area contributed by atoms with E-state index in [0.717, 1.165) is 18.1 Å². The van der Waals surface area contributed by atoms with E-state index in [1.54, 1.807) is 17.9 Å². The van der Waals surface area contributed by atoms with Crippen LogP contribution in [0.5, 0.6) is 0 Å². The fourth-order valence-electron chi connectivity index (χ4n) is 2.42. The van der Waals surface area contributed by atoms with Crippen molar-refractivity contribution < 1.29 is 21.6 Å². The van der Waals surface area contributed by atoms with Gasteiger partial charge in [0.1, 0.15) is 0 Å². The Labute approximate surface area is 166 Å². The molecule has 0 aliphatic heterocycles. The minimum atomic E-state index is -4.05. The third kappa shape index (κ3) is 5.78. The molecule has 0 aliphatic rings. The van der Waals surface area contributed by atoms with Crippen molar-refractivity contribution in [2.45, 2.75) is 12.8 Å². The Kier molecular flexibility index (Phi) is 6.32. The first-order valence-electron chi connectivity index (χ1n) is 7.65. The second-order valence-electron chi connectivity index (χ2n) is 5.96. The highest BCUT2D eigenvalue weighted by Gasteiger charge is 2.29. The van der Waals surface area contributed by atoms with Crippen LogP contribution in [-0.4, -0.2) is 45.0 Å². The molecule has 0 fully saturated rings. The second-order valence-corrected chi connectivity index (χ2v) is 10.7. The van der Waals surface area contributed by atoms with Crippen LogP contribution in [0.15, 0.2) is 35.1 Å². The molecule has 0 bridgehead atoms. The first-order valence-corrected chi connectivity index (χ1v) is 12.1. The summed E-state index contributed by atoms with van der Waals surface area (Å²) in [5.74, 6) is -0.235. The molecule has 9 nitrogen and oxygen atoms in total. The number of carbonyl (C=O) groups excluding carboxylic acids is 1. The van der Waals surface area contributed by atoms with Gasteiger partial charge in [-0.15, -0.1) is 0 Å². The van der Waals surface area contributed by atoms with Gasteiger partial charge in [-0.25, -0.2) is 16.8 Å². The molecule has 0 unspecified atom stereocenters. The zero-order chi connectivity index (χ0) is 20.4. The summed E-state index contributed by atoms with van der Waals surface area (Å²) in [7, 11) is -6.31. The van der Waals surface area contributed by atoms with E-state index in [1.165, 1.54) is 18.2 Å². The number of hydrogen-bond donors (Lipinski definition) is 1. The largest absolute Gasteiger partial charge is 0.326 e. The molecule has 2 aromatic rings. The lowest BCUT2D eigenvalue weighted by molar-refractivity contribution is -0.116. The number of rotatable bonds is 7. The fourth-order valence-corrected chi connectivity index (χ4v) is 6.21. The minimum Gasteiger partial charge on any atom is -0.326 e. The average molecular weight is 479 g/mol. The highest BCUT2D eigenvalue weighted by Crippen LogP contribution is 2.32. The number of nitrogens with one attached hydrogen (secondary N) is 1. The first kappa shape index (κ1) is 21.4. The third-order valence-electron chi connectivity index (χ3n) is 3.43. The van der Waals surface area contributed by atoms with E-state index in [0.29, 0.717) is 15.8 Å². The van der Waals surface area contributed by atoms with Gasteiger partial charge < -0.3 is 5.32 Å². The van der Waals surface area contributed by atoms with Gasteiger partial charge >= 0.3 is 0 Å². The number of halogens is 1. The van der Waals surface area contributed by atoms with E-state index in [9.17, 15) is 21.6 Å². The van der Waals surface area contributed by atoms with E-state index in [2.05, 4.69) is 26.3 Å². The Morgan fingerprint density at radius 1 is 1.22 bits per heavy atom. The predicted molar refractivity (Wildman–Crippen MR) is 106 cm³/mol. The number of sulfonamides is 2. The molecule has 0 spiro atoms. The van der Waals surface area contributed by atoms with Crippen molar-refractivity contribution in [3.8, 4) is 0 Å². The van der Waals surface area contributed by atoms with E-state index < -0.39 is 20.0 Å². The Balaban J connectivity index is 2.15. The van der Waals surface area contributed by atoms with E-state index in [-0.39, 0.29) is 22.5 Å². The minimum absolute atomic E-state index is 0.0617. The molecule has 1 aromatic heterocycles. The summed E-state index contributed by atoms with van der Waals surface area (Å²) < 4.78 is 49.7. The maximum Gasteiger partial charge on any atom is 0.245 e. The van der Waals surface area contributed by atoms with Gasteiger partial charge in [-0.1, -0.05) is 0 Å². The summed E-state index contributed by atoms with van der Waals surface area (Å²) in [5.41, 5.74) is 1.28. The van der Waals surface area contributed by atoms with Gasteiger partial charge in [0.15, 0.2) is 0 Å². The third-order valence-corrected chi connectivity index (χ3v) is 7.29. The van der Waals surface area contributed by atoms with Gasteiger partial charge in [0.2, 0.25) is 26.0 Å². The number of anilines is 2. The highest BCUT2D eigenvalue weighted by atomic mass is 79.9. The van der Waals surface area contributed by atoms with Gasteiger partial charge in [-0.3, -0.25) is 9.48 Å². The topological polar surface area (TPSA) is 118 Å². The van der Waals surface area contributed by atoms with Crippen molar-refractivity contribution >= 4 is 53.3 Å². The lowest BCUT2D eigenvalue weighted by Gasteiger charge is -2.21. The highest BCUT2D eigenvalue weighted by molar-refractivity contribution is 9.10. The summed E-state index contributed by atoms with van der Waals surface area (Å²) in [5, 5.41) is 6.72. The maximum atomic E-state index is 12.1. The van der Waals surface area contributed by atoms with Crippen molar-refractivity contribution in [2.75, 3.05) is 21.5 Å². The standard InChI is InChI=1S/C15H19BrN4O5S2/c1-19-10-11(9-17-19)4-7-15(21)18-12-5-6-14(13(16)8-12)20(26(2,22)23)27(3,24)25/h5-6,8-10H,4,7H2,1-3H3,(H,18,21). The first-order chi connectivity index (χ1) is 12.4. The van der Waals surface area contributed by atoms with Gasteiger partial charge in [-0.2, -0.15) is 8.81 Å². The maximum absolute atomic E-state index is 12.1. The van der Waals surface area contributed by atoms with Crippen LogP contribution in [0.25, 0.3) is 0 Å². The average Bonchev–Trinajstić information content (AvgIpc) is 2.91. The molecule has 1 heterocycles. The Morgan fingerprint density at radius 2 is 1.85 bits per heavy atom. The number of aryl methyl sites for hydroxylation is 2. The van der Waals surface area contributed by atoms with E-state index in [4.69, 9.17) is 0 Å². The summed E-state index contributed by atoms with van der Waals surface area (Å²) in [4.78, 5) is 12.1. The zero-order valence-electron chi connectivity index (χ0n) is 14.9. The van der Waals surface area contributed by atoms with Crippen molar-refractivity contribution in [2.24, 2.45) is 7.05 Å². The fraction of sp³-hybridized carbons (Fsp3) is 0.333. The van der Waals surface area contributed by atoms with Crippen molar-refractivity contribution in [3.05, 3.63) is 40.6 Å². The summed E-state index contributed by atoms with van der Waals surface area (Å²) in [6, 6.07) is 4.19. The Bertz CT molecular complexity index is 1030. The van der Waals surface area contributed by atoms with Crippen molar-refractivity contribution in [1.29, 1.82) is 0 Å². The number of hydrogen-bond acceptors (Lipinski definition) is 6. The number of aromatic nitrogens is 2. The van der Waals surface area contributed by atoms with Crippen molar-refractivity contribution in [3.63, 3.8) is 0 Å². The summed E-state index contributed by atoms with van der Waals surface area (Å²) in [6.07, 6.45) is 5.87. The molecule has 1 aromatic carbocycles. The molecule has 0 aliphatic carbocycles. The predicted octanol–water partition coefficient (Wildman–Crippen LogP) is 1.48. The van der Waals surface area contributed by atoms with Crippen LogP contribution in [0.1, 0.15) is 12.0 Å². The van der Waals surface area contributed by atoms with Crippen LogP contribution in [0.2, 0.25) is 0 Å². The molecule has 0 saturated carbocycles. The molecule has 0 saturated heterocycles. The molecule has 27 heavy (non-hydrogen) atoms. The monoisotopic (exact) mass is 478 g/mol. The molecule has 0 atom stereocenters. The van der Waals surface area contributed by atoms with Crippen LogP contribution < -0.4 is 9.03 Å². The molecule has 0 radical (unpaired) electrons. The van der Waals surface area contributed by atoms with Crippen LogP contribution in [0.3, 0.4) is 0 Å². The molecule has 148 valence electrons. The van der Waals surface area contributed by atoms with Crippen LogP contribution in [0.4, 0.5) is 11.4 Å². The van der Waals surface area contributed by atoms with Crippen LogP contribution in [-0.2, 0) is 38.3 Å². The summed E-state index contributed by atoms with van der Waals surface area (Å²) in [6.45, 7) is 0. The number of benzene rings is 1. The van der Waals surface area contributed by atoms with Gasteiger partial charge in [0.05, 0.1) is 24.4 Å². The number of nitrogens with zero attached hydrogens (tertiary/aromatic N) is 3. The molecular weight excluding hydrogens is 460 g/mol. The SMILES string of the molecule is Cn1cc(CCC(=O)Nc2ccc(N(S(C)(=O)=O)S(C)(=O)=O)c(Br)c2)cn1. The normalized spacial score (nSPS) is 12.0. The Morgan fingerprint density at radius 3 is 2.33 bits per heavy atom. The van der Waals surface area contributed by atoms with Gasteiger partial charge in [-0.05, 0) is 46.1 Å².